The summed E-state index contributed by atoms with van der Waals surface area (Å²) < 4.78 is 35.2. The van der Waals surface area contributed by atoms with Crippen LogP contribution in [0, 0.1) is 3.57 Å². The molecule has 6 nitrogen and oxygen atoms in total. The van der Waals surface area contributed by atoms with Gasteiger partial charge in [0.05, 0.1) is 19.8 Å². The van der Waals surface area contributed by atoms with Crippen molar-refractivity contribution in [3.63, 3.8) is 0 Å². The first-order chi connectivity index (χ1) is 25.1. The Kier molecular flexibility index (Phi) is 12.6. The van der Waals surface area contributed by atoms with Crippen molar-refractivity contribution < 1.29 is 28.5 Å². The van der Waals surface area contributed by atoms with E-state index in [-0.39, 0.29) is 11.7 Å². The van der Waals surface area contributed by atoms with Gasteiger partial charge in [-0.05, 0) is 63.9 Å². The van der Waals surface area contributed by atoms with Crippen molar-refractivity contribution in [1.82, 2.24) is 0 Å². The maximum absolute atomic E-state index is 14.4. The Morgan fingerprint density at radius 3 is 1.94 bits per heavy atom. The molecule has 0 amide bonds. The van der Waals surface area contributed by atoms with E-state index in [0.29, 0.717) is 24.5 Å². The molecule has 9 heteroatoms. The van der Waals surface area contributed by atoms with E-state index in [2.05, 4.69) is 46.9 Å². The molecule has 0 spiro atoms. The number of carbonyl (C=O) groups is 1. The van der Waals surface area contributed by atoms with E-state index in [1.807, 2.05) is 121 Å². The Bertz CT molecular complexity index is 1830. The highest BCUT2D eigenvalue weighted by Gasteiger charge is 2.58. The average molecular weight is 831 g/mol. The first-order valence-electron chi connectivity index (χ1n) is 17.1. The highest BCUT2D eigenvalue weighted by molar-refractivity contribution is 14.1. The Hall–Kier alpha value is -3.00. The summed E-state index contributed by atoms with van der Waals surface area (Å²) in [5, 5.41) is -0.206. The topological polar surface area (TPSA) is 63.2 Å². The van der Waals surface area contributed by atoms with Crippen LogP contribution in [0.2, 0.25) is 0 Å². The zero-order chi connectivity index (χ0) is 34.9. The highest BCUT2D eigenvalue weighted by atomic mass is 127. The van der Waals surface area contributed by atoms with Gasteiger partial charge in [0.1, 0.15) is 29.9 Å². The number of fused-ring (bicyclic) bond motifs is 1. The van der Waals surface area contributed by atoms with Crippen LogP contribution in [0.3, 0.4) is 0 Å². The number of thioether (sulfide) groups is 2. The number of hydrogen-bond acceptors (Lipinski definition) is 8. The predicted molar refractivity (Wildman–Crippen MR) is 210 cm³/mol. The van der Waals surface area contributed by atoms with Gasteiger partial charge in [0.2, 0.25) is 0 Å². The van der Waals surface area contributed by atoms with Gasteiger partial charge in [-0.3, -0.25) is 4.79 Å². The molecule has 2 aliphatic rings. The summed E-state index contributed by atoms with van der Waals surface area (Å²) in [4.78, 5) is 15.5. The number of carbonyl (C=O) groups excluding carboxylic acids is 1. The Labute approximate surface area is 321 Å². The summed E-state index contributed by atoms with van der Waals surface area (Å²) in [6.45, 7) is 0.838. The Morgan fingerprint density at radius 2 is 1.29 bits per heavy atom. The molecule has 0 bridgehead atoms. The zero-order valence-corrected chi connectivity index (χ0v) is 31.7. The lowest BCUT2D eigenvalue weighted by Gasteiger charge is -2.51. The van der Waals surface area contributed by atoms with Crippen LogP contribution in [-0.4, -0.2) is 47.3 Å². The SMILES string of the molecule is O=C(SCCc1ccccc1I)[C@@]1(c2ccccc2)OC[C@H]2O[C@H](Sc3ccccc3)[C@@H](OCc3ccccc3)[C@@H](OCc3ccccc3)[C@@H]2O1. The number of halogens is 1. The quantitative estimate of drug-likeness (QED) is 0.109. The average Bonchev–Trinajstić information content (AvgIpc) is 3.18. The molecular formula is C42H39IO6S2. The van der Waals surface area contributed by atoms with E-state index in [1.165, 1.54) is 20.9 Å². The minimum atomic E-state index is -1.65. The third-order valence-corrected chi connectivity index (χ3v) is 12.0. The molecule has 0 N–H and O–H groups in total. The van der Waals surface area contributed by atoms with Gasteiger partial charge in [0.25, 0.3) is 10.9 Å². The zero-order valence-electron chi connectivity index (χ0n) is 27.9. The number of aryl methyl sites for hydroxylation is 1. The summed E-state index contributed by atoms with van der Waals surface area (Å²) in [5.74, 6) is -1.07. The van der Waals surface area contributed by atoms with Crippen molar-refractivity contribution in [2.24, 2.45) is 0 Å². The molecule has 7 rings (SSSR count). The number of benzene rings is 5. The first-order valence-corrected chi connectivity index (χ1v) is 20.0. The fourth-order valence-electron chi connectivity index (χ4n) is 6.29. The van der Waals surface area contributed by atoms with Crippen LogP contribution < -0.4 is 0 Å². The van der Waals surface area contributed by atoms with Gasteiger partial charge in [0.15, 0.2) is 0 Å². The molecule has 2 heterocycles. The summed E-state index contributed by atoms with van der Waals surface area (Å²) >= 11 is 5.17. The van der Waals surface area contributed by atoms with Gasteiger partial charge in [-0.25, -0.2) is 0 Å². The third-order valence-electron chi connectivity index (χ3n) is 8.90. The number of hydrogen-bond donors (Lipinski definition) is 0. The van der Waals surface area contributed by atoms with Gasteiger partial charge in [-0.2, -0.15) is 0 Å². The second kappa shape index (κ2) is 17.7. The molecule has 5 aromatic carbocycles. The van der Waals surface area contributed by atoms with Crippen molar-refractivity contribution in [3.05, 3.63) is 171 Å². The largest absolute Gasteiger partial charge is 0.368 e. The maximum atomic E-state index is 14.4. The van der Waals surface area contributed by atoms with Crippen molar-refractivity contribution in [2.45, 2.75) is 60.2 Å². The van der Waals surface area contributed by atoms with E-state index < -0.39 is 35.6 Å². The van der Waals surface area contributed by atoms with Crippen LogP contribution in [0.4, 0.5) is 0 Å². The summed E-state index contributed by atoms with van der Waals surface area (Å²) in [7, 11) is 0. The standard InChI is InChI=1S/C42H39IO6S2/c43-35-24-14-13-19-32(35)25-26-50-41(44)42(33-20-9-3-10-21-33)47-29-36-37(49-42)38(45-27-30-15-5-1-6-16-30)39(46-28-31-17-7-2-8-18-31)40(48-36)51-34-22-11-4-12-23-34/h1-24,36-40H,25-29H2/t36-,37-,38+,39+,40-,42+/m1/s1. The van der Waals surface area contributed by atoms with Crippen LogP contribution in [0.25, 0.3) is 0 Å². The van der Waals surface area contributed by atoms with E-state index in [0.717, 1.165) is 22.4 Å². The van der Waals surface area contributed by atoms with Gasteiger partial charge in [-0.1, -0.05) is 151 Å². The number of rotatable bonds is 13. The molecule has 5 aromatic rings. The molecule has 0 aliphatic carbocycles. The highest BCUT2D eigenvalue weighted by Crippen LogP contribution is 2.45. The lowest BCUT2D eigenvalue weighted by molar-refractivity contribution is -0.358. The molecule has 0 saturated carbocycles. The van der Waals surface area contributed by atoms with Gasteiger partial charge >= 0.3 is 0 Å². The summed E-state index contributed by atoms with van der Waals surface area (Å²) in [6, 6.07) is 48.1. The van der Waals surface area contributed by atoms with E-state index >= 15 is 0 Å². The molecule has 262 valence electrons. The molecule has 51 heavy (non-hydrogen) atoms. The smallest absolute Gasteiger partial charge is 0.267 e. The summed E-state index contributed by atoms with van der Waals surface area (Å²) in [5.41, 5.74) is 3.47. The second-order valence-corrected chi connectivity index (χ2v) is 15.8. The predicted octanol–water partition coefficient (Wildman–Crippen LogP) is 9.05. The Balaban J connectivity index is 1.21. The molecule has 6 atom stereocenters. The van der Waals surface area contributed by atoms with E-state index in [1.54, 1.807) is 11.8 Å². The van der Waals surface area contributed by atoms with Crippen LogP contribution >= 0.6 is 46.1 Å². The second-order valence-electron chi connectivity index (χ2n) is 12.3. The molecule has 2 saturated heterocycles. The van der Waals surface area contributed by atoms with Gasteiger partial charge in [-0.15, -0.1) is 0 Å². The number of ether oxygens (including phenoxy) is 5. The normalized spacial score (nSPS) is 24.5. The van der Waals surface area contributed by atoms with Crippen molar-refractivity contribution in [2.75, 3.05) is 12.4 Å². The lowest BCUT2D eigenvalue weighted by Crippen LogP contribution is -2.66. The molecule has 2 fully saturated rings. The van der Waals surface area contributed by atoms with Crippen molar-refractivity contribution in [1.29, 1.82) is 0 Å². The molecule has 0 unspecified atom stereocenters. The van der Waals surface area contributed by atoms with Crippen LogP contribution in [0.5, 0.6) is 0 Å². The van der Waals surface area contributed by atoms with Crippen molar-refractivity contribution >= 4 is 51.2 Å². The van der Waals surface area contributed by atoms with E-state index in [9.17, 15) is 4.79 Å². The minimum absolute atomic E-state index is 0.144. The van der Waals surface area contributed by atoms with Gasteiger partial charge < -0.3 is 23.7 Å². The molecule has 0 aromatic heterocycles. The summed E-state index contributed by atoms with van der Waals surface area (Å²) in [6.07, 6.45) is -1.58. The third kappa shape index (κ3) is 8.97. The maximum Gasteiger partial charge on any atom is 0.267 e. The monoisotopic (exact) mass is 830 g/mol. The van der Waals surface area contributed by atoms with Crippen molar-refractivity contribution in [3.8, 4) is 0 Å². The molecular weight excluding hydrogens is 791 g/mol. The van der Waals surface area contributed by atoms with Crippen LogP contribution in [0.1, 0.15) is 22.3 Å². The lowest BCUT2D eigenvalue weighted by atomic mass is 9.95. The molecule has 2 aliphatic heterocycles. The van der Waals surface area contributed by atoms with Gasteiger partial charge in [0, 0.05) is 19.8 Å². The van der Waals surface area contributed by atoms with Crippen LogP contribution in [0.15, 0.2) is 150 Å². The Morgan fingerprint density at radius 1 is 0.725 bits per heavy atom. The minimum Gasteiger partial charge on any atom is -0.368 e. The fourth-order valence-corrected chi connectivity index (χ4v) is 9.02. The fraction of sp³-hybridized carbons (Fsp3) is 0.262. The first kappa shape index (κ1) is 36.4. The van der Waals surface area contributed by atoms with Crippen LogP contribution in [-0.2, 0) is 53.9 Å². The molecule has 0 radical (unpaired) electrons. The van der Waals surface area contributed by atoms with E-state index in [4.69, 9.17) is 23.7 Å².